The van der Waals surface area contributed by atoms with E-state index in [-0.39, 0.29) is 5.91 Å². The van der Waals surface area contributed by atoms with Crippen molar-refractivity contribution in [1.29, 1.82) is 5.26 Å². The summed E-state index contributed by atoms with van der Waals surface area (Å²) >= 11 is 6.33. The standard InChI is InChI=1S/C29H32ClN5O2/c1-37-27-8-6-21(16-25(27)30)18-33-28-23-15-20(17-31)5-7-26(23)32-19-24(28)29(36)35-13-9-22(10-14-35)34-11-3-2-4-12-34/h5-8,15-16,19,22H,2-4,9-14,18H2,1H3,(H,32,33). The average molecular weight is 518 g/mol. The minimum atomic E-state index is -0.0240. The molecule has 1 aromatic heterocycles. The predicted octanol–water partition coefficient (Wildman–Crippen LogP) is 5.47. The number of methoxy groups -OCH3 is 1. The molecule has 37 heavy (non-hydrogen) atoms. The SMILES string of the molecule is COc1ccc(CNc2c(C(=O)N3CCC(N4CCCCC4)CC3)cnc3ccc(C#N)cc23)cc1Cl. The molecule has 0 spiro atoms. The van der Waals surface area contributed by atoms with Crippen molar-refractivity contribution in [3.05, 3.63) is 64.3 Å². The summed E-state index contributed by atoms with van der Waals surface area (Å²) in [5.74, 6) is 0.589. The highest BCUT2D eigenvalue weighted by Crippen LogP contribution is 2.31. The van der Waals surface area contributed by atoms with Crippen molar-refractivity contribution < 1.29 is 9.53 Å². The Bertz CT molecular complexity index is 1320. The van der Waals surface area contributed by atoms with Gasteiger partial charge in [0, 0.05) is 37.3 Å². The van der Waals surface area contributed by atoms with Gasteiger partial charge in [-0.3, -0.25) is 9.78 Å². The van der Waals surface area contributed by atoms with Gasteiger partial charge in [-0.2, -0.15) is 5.26 Å². The summed E-state index contributed by atoms with van der Waals surface area (Å²) in [7, 11) is 1.59. The first-order valence-corrected chi connectivity index (χ1v) is 13.4. The van der Waals surface area contributed by atoms with Crippen molar-refractivity contribution in [2.75, 3.05) is 38.6 Å². The Balaban J connectivity index is 1.40. The fourth-order valence-electron chi connectivity index (χ4n) is 5.51. The molecule has 2 saturated heterocycles. The zero-order chi connectivity index (χ0) is 25.8. The fraction of sp³-hybridized carbons (Fsp3) is 0.414. The number of nitrogens with one attached hydrogen (secondary N) is 1. The molecule has 192 valence electrons. The van der Waals surface area contributed by atoms with Crippen molar-refractivity contribution in [3.63, 3.8) is 0 Å². The minimum Gasteiger partial charge on any atom is -0.495 e. The molecule has 1 amide bonds. The van der Waals surface area contributed by atoms with Crippen LogP contribution in [-0.2, 0) is 6.54 Å². The molecule has 0 aliphatic carbocycles. The lowest BCUT2D eigenvalue weighted by Gasteiger charge is -2.40. The number of fused-ring (bicyclic) bond motifs is 1. The number of aromatic nitrogens is 1. The van der Waals surface area contributed by atoms with Crippen LogP contribution in [0.4, 0.5) is 5.69 Å². The van der Waals surface area contributed by atoms with Crippen LogP contribution in [0.1, 0.15) is 53.6 Å². The van der Waals surface area contributed by atoms with Crippen LogP contribution in [-0.4, -0.2) is 60.0 Å². The number of nitriles is 1. The Kier molecular flexibility index (Phi) is 7.78. The molecular weight excluding hydrogens is 486 g/mol. The van der Waals surface area contributed by atoms with Gasteiger partial charge in [-0.1, -0.05) is 24.1 Å². The second-order valence-electron chi connectivity index (χ2n) is 9.83. The van der Waals surface area contributed by atoms with E-state index in [0.717, 1.165) is 42.4 Å². The molecule has 2 fully saturated rings. The van der Waals surface area contributed by atoms with E-state index in [4.69, 9.17) is 16.3 Å². The normalized spacial score (nSPS) is 16.9. The summed E-state index contributed by atoms with van der Waals surface area (Å²) in [5, 5.41) is 14.2. The van der Waals surface area contributed by atoms with E-state index in [1.54, 1.807) is 25.4 Å². The van der Waals surface area contributed by atoms with Crippen LogP contribution in [0.5, 0.6) is 5.75 Å². The maximum atomic E-state index is 13.8. The number of anilines is 1. The molecule has 7 nitrogen and oxygen atoms in total. The van der Waals surface area contributed by atoms with Gasteiger partial charge < -0.3 is 19.9 Å². The average Bonchev–Trinajstić information content (AvgIpc) is 2.95. The Labute approximate surface area is 223 Å². The monoisotopic (exact) mass is 517 g/mol. The molecule has 0 unspecified atom stereocenters. The number of piperidine rings is 2. The molecule has 8 heteroatoms. The second kappa shape index (κ2) is 11.4. The molecule has 2 aliphatic heterocycles. The number of nitrogens with zero attached hydrogens (tertiary/aromatic N) is 4. The number of likely N-dealkylation sites (tertiary alicyclic amines) is 2. The predicted molar refractivity (Wildman–Crippen MR) is 146 cm³/mol. The van der Waals surface area contributed by atoms with E-state index in [2.05, 4.69) is 21.3 Å². The number of benzene rings is 2. The number of rotatable bonds is 6. The number of hydrogen-bond acceptors (Lipinski definition) is 6. The number of amides is 1. The van der Waals surface area contributed by atoms with Gasteiger partial charge in [0.2, 0.25) is 0 Å². The van der Waals surface area contributed by atoms with Crippen molar-refractivity contribution in [1.82, 2.24) is 14.8 Å². The highest BCUT2D eigenvalue weighted by Gasteiger charge is 2.29. The third-order valence-electron chi connectivity index (χ3n) is 7.57. The number of halogens is 1. The molecular formula is C29H32ClN5O2. The van der Waals surface area contributed by atoms with Gasteiger partial charge in [0.25, 0.3) is 5.91 Å². The summed E-state index contributed by atoms with van der Waals surface area (Å²) in [6.45, 7) is 4.29. The van der Waals surface area contributed by atoms with Gasteiger partial charge >= 0.3 is 0 Å². The lowest BCUT2D eigenvalue weighted by atomic mass is 9.99. The van der Waals surface area contributed by atoms with Crippen LogP contribution in [0.15, 0.2) is 42.6 Å². The van der Waals surface area contributed by atoms with Crippen LogP contribution >= 0.6 is 11.6 Å². The molecule has 3 heterocycles. The molecule has 0 bridgehead atoms. The first kappa shape index (κ1) is 25.3. The summed E-state index contributed by atoms with van der Waals surface area (Å²) < 4.78 is 5.27. The highest BCUT2D eigenvalue weighted by atomic mass is 35.5. The maximum absolute atomic E-state index is 13.8. The van der Waals surface area contributed by atoms with E-state index in [0.29, 0.717) is 40.2 Å². The van der Waals surface area contributed by atoms with E-state index in [1.807, 2.05) is 29.2 Å². The summed E-state index contributed by atoms with van der Waals surface area (Å²) in [6.07, 6.45) is 7.55. The quantitative estimate of drug-likeness (QED) is 0.467. The van der Waals surface area contributed by atoms with Gasteiger partial charge in [-0.25, -0.2) is 0 Å². The summed E-state index contributed by atoms with van der Waals surface area (Å²) in [5.41, 5.74) is 3.43. The largest absolute Gasteiger partial charge is 0.495 e. The Morgan fingerprint density at radius 2 is 1.92 bits per heavy atom. The number of carbonyl (C=O) groups excluding carboxylic acids is 1. The number of carbonyl (C=O) groups is 1. The van der Waals surface area contributed by atoms with Crippen LogP contribution in [0, 0.1) is 11.3 Å². The maximum Gasteiger partial charge on any atom is 0.257 e. The van der Waals surface area contributed by atoms with Crippen LogP contribution in [0.25, 0.3) is 10.9 Å². The van der Waals surface area contributed by atoms with Gasteiger partial charge in [-0.15, -0.1) is 0 Å². The van der Waals surface area contributed by atoms with Gasteiger partial charge in [0.05, 0.1) is 40.5 Å². The van der Waals surface area contributed by atoms with Crippen LogP contribution in [0.3, 0.4) is 0 Å². The van der Waals surface area contributed by atoms with Gasteiger partial charge in [-0.05, 0) is 74.7 Å². The lowest BCUT2D eigenvalue weighted by Crippen LogP contribution is -2.48. The van der Waals surface area contributed by atoms with Crippen molar-refractivity contribution in [3.8, 4) is 11.8 Å². The number of hydrogen-bond donors (Lipinski definition) is 1. The topological polar surface area (TPSA) is 81.5 Å². The number of pyridine rings is 1. The first-order chi connectivity index (χ1) is 18.1. The fourth-order valence-corrected chi connectivity index (χ4v) is 5.79. The summed E-state index contributed by atoms with van der Waals surface area (Å²) in [4.78, 5) is 22.9. The zero-order valence-electron chi connectivity index (χ0n) is 21.2. The van der Waals surface area contributed by atoms with Crippen molar-refractivity contribution in [2.45, 2.75) is 44.7 Å². The molecule has 5 rings (SSSR count). The van der Waals surface area contributed by atoms with Gasteiger partial charge in [0.1, 0.15) is 5.75 Å². The van der Waals surface area contributed by atoms with Gasteiger partial charge in [0.15, 0.2) is 0 Å². The Morgan fingerprint density at radius 1 is 1.14 bits per heavy atom. The van der Waals surface area contributed by atoms with Crippen molar-refractivity contribution in [2.24, 2.45) is 0 Å². The molecule has 0 atom stereocenters. The zero-order valence-corrected chi connectivity index (χ0v) is 21.9. The van der Waals surface area contributed by atoms with Crippen LogP contribution in [0.2, 0.25) is 5.02 Å². The summed E-state index contributed by atoms with van der Waals surface area (Å²) in [6, 6.07) is 13.7. The molecule has 2 aromatic carbocycles. The third kappa shape index (κ3) is 5.51. The Hall–Kier alpha value is -3.34. The van der Waals surface area contributed by atoms with E-state index in [1.165, 1.54) is 32.4 Å². The van der Waals surface area contributed by atoms with E-state index < -0.39 is 0 Å². The molecule has 1 N–H and O–H groups in total. The molecule has 0 radical (unpaired) electrons. The van der Waals surface area contributed by atoms with Crippen molar-refractivity contribution >= 4 is 34.1 Å². The Morgan fingerprint density at radius 3 is 2.62 bits per heavy atom. The van der Waals surface area contributed by atoms with E-state index in [9.17, 15) is 10.1 Å². The first-order valence-electron chi connectivity index (χ1n) is 13.0. The van der Waals surface area contributed by atoms with E-state index >= 15 is 0 Å². The highest BCUT2D eigenvalue weighted by molar-refractivity contribution is 6.32. The smallest absolute Gasteiger partial charge is 0.257 e. The molecule has 3 aromatic rings. The van der Waals surface area contributed by atoms with Crippen LogP contribution < -0.4 is 10.1 Å². The molecule has 2 aliphatic rings. The lowest BCUT2D eigenvalue weighted by molar-refractivity contribution is 0.0590. The minimum absolute atomic E-state index is 0.0240. The molecule has 0 saturated carbocycles. The third-order valence-corrected chi connectivity index (χ3v) is 7.87. The second-order valence-corrected chi connectivity index (χ2v) is 10.2. The number of ether oxygens (including phenoxy) is 1.